The summed E-state index contributed by atoms with van der Waals surface area (Å²) in [6.45, 7) is 1.99. The molecular formula is C20H27N3OS2. The predicted octanol–water partition coefficient (Wildman–Crippen LogP) is 3.62. The molecule has 0 fully saturated rings. The standard InChI is InChI=1S/C20H27N3OS2/c1-22(2)12-14-25-17-9-7-16(8-10-17)19(24)18-6-5-11-21-20(18)26-15-13-23(3)4/h5-11H,12-15H2,1-4H3. The van der Waals surface area contributed by atoms with E-state index in [1.807, 2.05) is 62.3 Å². The summed E-state index contributed by atoms with van der Waals surface area (Å²) in [5.41, 5.74) is 1.40. The number of carbonyl (C=O) groups excluding carboxylic acids is 1. The molecule has 2 rings (SSSR count). The first-order valence-electron chi connectivity index (χ1n) is 8.62. The number of hydrogen-bond acceptors (Lipinski definition) is 6. The van der Waals surface area contributed by atoms with Crippen LogP contribution in [0.5, 0.6) is 0 Å². The van der Waals surface area contributed by atoms with Crippen molar-refractivity contribution >= 4 is 29.3 Å². The highest BCUT2D eigenvalue weighted by Gasteiger charge is 2.15. The third kappa shape index (κ3) is 6.76. The topological polar surface area (TPSA) is 36.4 Å². The maximum absolute atomic E-state index is 12.9. The average molecular weight is 390 g/mol. The van der Waals surface area contributed by atoms with E-state index < -0.39 is 0 Å². The van der Waals surface area contributed by atoms with E-state index in [-0.39, 0.29) is 5.78 Å². The molecule has 0 atom stereocenters. The Balaban J connectivity index is 2.04. The fourth-order valence-corrected chi connectivity index (χ4v) is 4.33. The molecule has 1 aromatic carbocycles. The lowest BCUT2D eigenvalue weighted by molar-refractivity contribution is 0.103. The normalized spacial score (nSPS) is 11.3. The Kier molecular flexibility index (Phi) is 8.65. The molecule has 0 aliphatic rings. The summed E-state index contributed by atoms with van der Waals surface area (Å²) < 4.78 is 0. The van der Waals surface area contributed by atoms with Crippen molar-refractivity contribution in [3.63, 3.8) is 0 Å². The highest BCUT2D eigenvalue weighted by molar-refractivity contribution is 7.99. The Bertz CT molecular complexity index is 702. The van der Waals surface area contributed by atoms with Crippen molar-refractivity contribution in [2.24, 2.45) is 0 Å². The number of pyridine rings is 1. The smallest absolute Gasteiger partial charge is 0.195 e. The molecule has 0 saturated carbocycles. The van der Waals surface area contributed by atoms with Crippen molar-refractivity contribution in [1.29, 1.82) is 0 Å². The van der Waals surface area contributed by atoms with Gasteiger partial charge in [-0.25, -0.2) is 4.98 Å². The molecule has 0 aliphatic carbocycles. The van der Waals surface area contributed by atoms with Crippen molar-refractivity contribution in [3.8, 4) is 0 Å². The van der Waals surface area contributed by atoms with Crippen LogP contribution in [0, 0.1) is 0 Å². The summed E-state index contributed by atoms with van der Waals surface area (Å²) in [6, 6.07) is 11.6. The fraction of sp³-hybridized carbons (Fsp3) is 0.400. The van der Waals surface area contributed by atoms with Gasteiger partial charge in [-0.3, -0.25) is 4.79 Å². The second kappa shape index (κ2) is 10.7. The van der Waals surface area contributed by atoms with Gasteiger partial charge in [0.2, 0.25) is 0 Å². The number of ketones is 1. The summed E-state index contributed by atoms with van der Waals surface area (Å²) in [7, 11) is 8.24. The lowest BCUT2D eigenvalue weighted by atomic mass is 10.1. The molecule has 1 aromatic heterocycles. The van der Waals surface area contributed by atoms with E-state index >= 15 is 0 Å². The maximum atomic E-state index is 12.9. The number of carbonyl (C=O) groups is 1. The molecule has 0 saturated heterocycles. The first-order chi connectivity index (χ1) is 12.5. The van der Waals surface area contributed by atoms with Gasteiger partial charge in [0, 0.05) is 41.3 Å². The number of thioether (sulfide) groups is 2. The maximum Gasteiger partial charge on any atom is 0.195 e. The lowest BCUT2D eigenvalue weighted by Crippen LogP contribution is -2.15. The Labute approximate surface area is 165 Å². The fourth-order valence-electron chi connectivity index (χ4n) is 2.21. The zero-order valence-corrected chi connectivity index (χ0v) is 17.6. The molecule has 26 heavy (non-hydrogen) atoms. The zero-order valence-electron chi connectivity index (χ0n) is 15.9. The van der Waals surface area contributed by atoms with E-state index in [9.17, 15) is 4.79 Å². The van der Waals surface area contributed by atoms with Crippen molar-refractivity contribution < 1.29 is 4.79 Å². The predicted molar refractivity (Wildman–Crippen MR) is 113 cm³/mol. The summed E-state index contributed by atoms with van der Waals surface area (Å²) in [4.78, 5) is 22.8. The van der Waals surface area contributed by atoms with Crippen molar-refractivity contribution in [3.05, 3.63) is 53.7 Å². The van der Waals surface area contributed by atoms with E-state index in [1.54, 1.807) is 18.0 Å². The quantitative estimate of drug-likeness (QED) is 0.456. The molecule has 0 N–H and O–H groups in total. The van der Waals surface area contributed by atoms with Crippen LogP contribution in [0.25, 0.3) is 0 Å². The largest absolute Gasteiger partial charge is 0.309 e. The van der Waals surface area contributed by atoms with Crippen LogP contribution < -0.4 is 0 Å². The van der Waals surface area contributed by atoms with Crippen LogP contribution in [0.1, 0.15) is 15.9 Å². The first kappa shape index (κ1) is 21.0. The highest BCUT2D eigenvalue weighted by Crippen LogP contribution is 2.24. The molecule has 0 bridgehead atoms. The minimum Gasteiger partial charge on any atom is -0.309 e. The van der Waals surface area contributed by atoms with E-state index in [4.69, 9.17) is 0 Å². The summed E-state index contributed by atoms with van der Waals surface area (Å²) in [5, 5.41) is 0.809. The summed E-state index contributed by atoms with van der Waals surface area (Å²) in [5.74, 6) is 1.98. The number of hydrogen-bond donors (Lipinski definition) is 0. The van der Waals surface area contributed by atoms with Gasteiger partial charge in [0.15, 0.2) is 5.78 Å². The van der Waals surface area contributed by atoms with Crippen LogP contribution in [-0.4, -0.2) is 73.4 Å². The minimum absolute atomic E-state index is 0.0373. The highest BCUT2D eigenvalue weighted by atomic mass is 32.2. The Morgan fingerprint density at radius 2 is 1.54 bits per heavy atom. The first-order valence-corrected chi connectivity index (χ1v) is 10.6. The van der Waals surface area contributed by atoms with Crippen molar-refractivity contribution in [1.82, 2.24) is 14.8 Å². The van der Waals surface area contributed by atoms with Gasteiger partial charge < -0.3 is 9.80 Å². The second-order valence-corrected chi connectivity index (χ2v) is 8.77. The van der Waals surface area contributed by atoms with E-state index in [1.165, 1.54) is 4.90 Å². The average Bonchev–Trinajstić information content (AvgIpc) is 2.61. The third-order valence-electron chi connectivity index (χ3n) is 3.72. The molecule has 0 radical (unpaired) electrons. The molecule has 0 aliphatic heterocycles. The molecular weight excluding hydrogens is 362 g/mol. The zero-order chi connectivity index (χ0) is 18.9. The monoisotopic (exact) mass is 389 g/mol. The summed E-state index contributed by atoms with van der Waals surface area (Å²) in [6.07, 6.45) is 1.75. The second-order valence-electron chi connectivity index (χ2n) is 6.51. The van der Waals surface area contributed by atoms with Gasteiger partial charge in [0.25, 0.3) is 0 Å². The van der Waals surface area contributed by atoms with E-state index in [0.29, 0.717) is 11.1 Å². The van der Waals surface area contributed by atoms with Gasteiger partial charge in [0.1, 0.15) is 5.03 Å². The van der Waals surface area contributed by atoms with Gasteiger partial charge in [-0.15, -0.1) is 23.5 Å². The molecule has 140 valence electrons. The van der Waals surface area contributed by atoms with Gasteiger partial charge in [-0.1, -0.05) is 0 Å². The number of rotatable bonds is 10. The van der Waals surface area contributed by atoms with Gasteiger partial charge in [0.05, 0.1) is 5.56 Å². The SMILES string of the molecule is CN(C)CCSc1ccc(C(=O)c2cccnc2SCCN(C)C)cc1. The molecule has 0 spiro atoms. The lowest BCUT2D eigenvalue weighted by Gasteiger charge is -2.11. The van der Waals surface area contributed by atoms with Crippen LogP contribution in [0.4, 0.5) is 0 Å². The van der Waals surface area contributed by atoms with E-state index in [0.717, 1.165) is 29.6 Å². The van der Waals surface area contributed by atoms with Gasteiger partial charge >= 0.3 is 0 Å². The van der Waals surface area contributed by atoms with Crippen molar-refractivity contribution in [2.75, 3.05) is 52.8 Å². The Morgan fingerprint density at radius 3 is 2.15 bits per heavy atom. The number of aromatic nitrogens is 1. The molecule has 1 heterocycles. The van der Waals surface area contributed by atoms with Crippen LogP contribution in [-0.2, 0) is 0 Å². The molecule has 4 nitrogen and oxygen atoms in total. The van der Waals surface area contributed by atoms with Crippen molar-refractivity contribution in [2.45, 2.75) is 9.92 Å². The molecule has 2 aromatic rings. The Morgan fingerprint density at radius 1 is 0.923 bits per heavy atom. The number of nitrogens with zero attached hydrogens (tertiary/aromatic N) is 3. The third-order valence-corrected chi connectivity index (χ3v) is 5.69. The Hall–Kier alpha value is -1.34. The van der Waals surface area contributed by atoms with Gasteiger partial charge in [-0.2, -0.15) is 0 Å². The molecule has 6 heteroatoms. The molecule has 0 amide bonds. The van der Waals surface area contributed by atoms with Crippen LogP contribution in [0.3, 0.4) is 0 Å². The van der Waals surface area contributed by atoms with Crippen LogP contribution in [0.2, 0.25) is 0 Å². The number of benzene rings is 1. The van der Waals surface area contributed by atoms with Gasteiger partial charge in [-0.05, 0) is 64.6 Å². The molecule has 0 unspecified atom stereocenters. The van der Waals surface area contributed by atoms with Crippen LogP contribution >= 0.6 is 23.5 Å². The van der Waals surface area contributed by atoms with Crippen LogP contribution in [0.15, 0.2) is 52.5 Å². The minimum atomic E-state index is 0.0373. The van der Waals surface area contributed by atoms with E-state index in [2.05, 4.69) is 28.9 Å². The summed E-state index contributed by atoms with van der Waals surface area (Å²) >= 11 is 3.44.